The summed E-state index contributed by atoms with van der Waals surface area (Å²) in [5, 5.41) is 0. The number of nitrogens with zero attached hydrogens (tertiary/aromatic N) is 1. The van der Waals surface area contributed by atoms with Gasteiger partial charge in [0.1, 0.15) is 0 Å². The van der Waals surface area contributed by atoms with E-state index in [0.29, 0.717) is 11.6 Å². The van der Waals surface area contributed by atoms with Crippen LogP contribution in [0.3, 0.4) is 0 Å². The third kappa shape index (κ3) is 5.66. The van der Waals surface area contributed by atoms with E-state index in [1.54, 1.807) is 6.07 Å². The first-order chi connectivity index (χ1) is 15.9. The fraction of sp³-hybridized carbons (Fsp3) is 0.174. The van der Waals surface area contributed by atoms with Gasteiger partial charge in [0.05, 0.1) is 28.8 Å². The zero-order chi connectivity index (χ0) is 25.1. The number of sulfonamides is 1. The number of amides is 1. The molecule has 3 aromatic carbocycles. The van der Waals surface area contributed by atoms with E-state index < -0.39 is 38.4 Å². The van der Waals surface area contributed by atoms with Gasteiger partial charge in [0.25, 0.3) is 15.9 Å². The molecule has 34 heavy (non-hydrogen) atoms. The number of para-hydroxylation sites is 1. The minimum Gasteiger partial charge on any atom is -0.494 e. The second kappa shape index (κ2) is 9.72. The third-order valence-electron chi connectivity index (χ3n) is 4.86. The topological polar surface area (TPSA) is 75.7 Å². The number of nitrogens with one attached hydrogen (secondary N) is 1. The van der Waals surface area contributed by atoms with Gasteiger partial charge in [-0.3, -0.25) is 9.52 Å². The van der Waals surface area contributed by atoms with Gasteiger partial charge in [-0.1, -0.05) is 24.3 Å². The van der Waals surface area contributed by atoms with Gasteiger partial charge in [-0.2, -0.15) is 13.2 Å². The van der Waals surface area contributed by atoms with E-state index in [0.717, 1.165) is 18.2 Å². The molecule has 0 radical (unpaired) electrons. The number of anilines is 1. The van der Waals surface area contributed by atoms with E-state index in [1.807, 2.05) is 0 Å². The molecule has 0 unspecified atom stereocenters. The summed E-state index contributed by atoms with van der Waals surface area (Å²) < 4.78 is 85.5. The van der Waals surface area contributed by atoms with Crippen molar-refractivity contribution in [2.45, 2.75) is 17.6 Å². The average Bonchev–Trinajstić information content (AvgIpc) is 2.78. The maximum atomic E-state index is 14.0. The summed E-state index contributed by atoms with van der Waals surface area (Å²) in [5.74, 6) is -1.14. The lowest BCUT2D eigenvalue weighted by molar-refractivity contribution is -0.137. The highest BCUT2D eigenvalue weighted by Gasteiger charge is 2.32. The lowest BCUT2D eigenvalue weighted by Gasteiger charge is -2.20. The fourth-order valence-electron chi connectivity index (χ4n) is 3.16. The van der Waals surface area contributed by atoms with Crippen molar-refractivity contribution in [2.75, 3.05) is 18.9 Å². The van der Waals surface area contributed by atoms with Crippen molar-refractivity contribution in [1.82, 2.24) is 4.90 Å². The Morgan fingerprint density at radius 3 is 2.38 bits per heavy atom. The van der Waals surface area contributed by atoms with Crippen LogP contribution in [0.15, 0.2) is 71.6 Å². The Morgan fingerprint density at radius 1 is 1.03 bits per heavy atom. The maximum Gasteiger partial charge on any atom is 0.416 e. The first-order valence-corrected chi connectivity index (χ1v) is 11.3. The number of carbonyl (C=O) groups is 1. The van der Waals surface area contributed by atoms with Crippen molar-refractivity contribution in [2.24, 2.45) is 0 Å². The molecule has 0 atom stereocenters. The smallest absolute Gasteiger partial charge is 0.416 e. The molecule has 0 aliphatic carbocycles. The van der Waals surface area contributed by atoms with Gasteiger partial charge >= 0.3 is 6.18 Å². The van der Waals surface area contributed by atoms with Crippen LogP contribution >= 0.6 is 0 Å². The van der Waals surface area contributed by atoms with Crippen LogP contribution in [-0.4, -0.2) is 33.4 Å². The first-order valence-electron chi connectivity index (χ1n) is 9.79. The fourth-order valence-corrected chi connectivity index (χ4v) is 4.29. The number of benzene rings is 3. The SMILES string of the molecule is COc1ccc(CN(C)C(=O)c2ccccc2NS(=O)(=O)c2cccc(C(F)(F)F)c2)cc1F. The molecule has 3 aromatic rings. The Labute approximate surface area is 193 Å². The quantitative estimate of drug-likeness (QED) is 0.471. The Bertz CT molecular complexity index is 1310. The Hall–Kier alpha value is -3.60. The second-order valence-corrected chi connectivity index (χ2v) is 8.99. The second-order valence-electron chi connectivity index (χ2n) is 7.31. The minimum atomic E-state index is -4.72. The van der Waals surface area contributed by atoms with Crippen LogP contribution in [-0.2, 0) is 22.7 Å². The lowest BCUT2D eigenvalue weighted by atomic mass is 10.1. The molecule has 1 N–H and O–H groups in total. The summed E-state index contributed by atoms with van der Waals surface area (Å²) in [4.78, 5) is 13.7. The summed E-state index contributed by atoms with van der Waals surface area (Å²) in [7, 11) is -1.66. The Kier molecular flexibility index (Phi) is 7.15. The molecule has 0 aliphatic heterocycles. The number of hydrogen-bond acceptors (Lipinski definition) is 4. The van der Waals surface area contributed by atoms with Gasteiger partial charge < -0.3 is 9.64 Å². The minimum absolute atomic E-state index is 0.00839. The molecular formula is C23H20F4N2O4S. The molecule has 0 bridgehead atoms. The highest BCUT2D eigenvalue weighted by molar-refractivity contribution is 7.92. The van der Waals surface area contributed by atoms with Crippen molar-refractivity contribution in [1.29, 1.82) is 0 Å². The molecule has 180 valence electrons. The van der Waals surface area contributed by atoms with Crippen molar-refractivity contribution in [3.8, 4) is 5.75 Å². The zero-order valence-corrected chi connectivity index (χ0v) is 18.9. The molecule has 0 aliphatic rings. The number of ether oxygens (including phenoxy) is 1. The van der Waals surface area contributed by atoms with Gasteiger partial charge in [0.15, 0.2) is 11.6 Å². The zero-order valence-electron chi connectivity index (χ0n) is 18.1. The van der Waals surface area contributed by atoms with Crippen LogP contribution in [0.2, 0.25) is 0 Å². The van der Waals surface area contributed by atoms with Crippen LogP contribution in [0.1, 0.15) is 21.5 Å². The van der Waals surface area contributed by atoms with E-state index in [4.69, 9.17) is 4.74 Å². The van der Waals surface area contributed by atoms with Crippen LogP contribution in [0.4, 0.5) is 23.2 Å². The first kappa shape index (κ1) is 25.0. The van der Waals surface area contributed by atoms with Crippen molar-refractivity contribution in [3.63, 3.8) is 0 Å². The van der Waals surface area contributed by atoms with Crippen molar-refractivity contribution >= 4 is 21.6 Å². The van der Waals surface area contributed by atoms with Crippen LogP contribution in [0.25, 0.3) is 0 Å². The largest absolute Gasteiger partial charge is 0.494 e. The Morgan fingerprint density at radius 2 is 1.74 bits per heavy atom. The monoisotopic (exact) mass is 496 g/mol. The molecule has 11 heteroatoms. The van der Waals surface area contributed by atoms with E-state index in [-0.39, 0.29) is 23.5 Å². The van der Waals surface area contributed by atoms with E-state index in [2.05, 4.69) is 4.72 Å². The van der Waals surface area contributed by atoms with Gasteiger partial charge in [-0.15, -0.1) is 0 Å². The molecule has 0 heterocycles. The molecule has 3 rings (SSSR count). The summed E-state index contributed by atoms with van der Waals surface area (Å²) in [6, 6.07) is 13.2. The highest BCUT2D eigenvalue weighted by Crippen LogP contribution is 2.31. The molecule has 1 amide bonds. The van der Waals surface area contributed by atoms with Crippen LogP contribution < -0.4 is 9.46 Å². The normalized spacial score (nSPS) is 11.7. The molecule has 6 nitrogen and oxygen atoms in total. The predicted octanol–water partition coefficient (Wildman–Crippen LogP) is 4.93. The summed E-state index contributed by atoms with van der Waals surface area (Å²) in [5.41, 5.74) is -0.797. The number of rotatable bonds is 7. The summed E-state index contributed by atoms with van der Waals surface area (Å²) >= 11 is 0. The molecule has 0 fully saturated rings. The third-order valence-corrected chi connectivity index (χ3v) is 6.22. The average molecular weight is 496 g/mol. The number of halogens is 4. The van der Waals surface area contributed by atoms with E-state index >= 15 is 0 Å². The van der Waals surface area contributed by atoms with E-state index in [9.17, 15) is 30.8 Å². The number of carbonyl (C=O) groups excluding carboxylic acids is 1. The summed E-state index contributed by atoms with van der Waals surface area (Å²) in [6.07, 6.45) is -4.72. The lowest BCUT2D eigenvalue weighted by Crippen LogP contribution is -2.27. The van der Waals surface area contributed by atoms with E-state index in [1.165, 1.54) is 55.5 Å². The van der Waals surface area contributed by atoms with Gasteiger partial charge in [0.2, 0.25) is 0 Å². The van der Waals surface area contributed by atoms with Crippen LogP contribution in [0, 0.1) is 5.82 Å². The van der Waals surface area contributed by atoms with Crippen molar-refractivity contribution < 1.29 is 35.5 Å². The molecule has 0 spiro atoms. The highest BCUT2D eigenvalue weighted by atomic mass is 32.2. The molecule has 0 aromatic heterocycles. The molecular weight excluding hydrogens is 476 g/mol. The van der Waals surface area contributed by atoms with Crippen molar-refractivity contribution in [3.05, 3.63) is 89.2 Å². The molecule has 0 saturated heterocycles. The van der Waals surface area contributed by atoms with Crippen LogP contribution in [0.5, 0.6) is 5.75 Å². The summed E-state index contributed by atoms with van der Waals surface area (Å²) in [6.45, 7) is 0.00839. The molecule has 0 saturated carbocycles. The van der Waals surface area contributed by atoms with Gasteiger partial charge in [-0.05, 0) is 48.0 Å². The number of methoxy groups -OCH3 is 1. The van der Waals surface area contributed by atoms with Gasteiger partial charge in [-0.25, -0.2) is 12.8 Å². The Balaban J connectivity index is 1.85. The predicted molar refractivity (Wildman–Crippen MR) is 117 cm³/mol. The van der Waals surface area contributed by atoms with Gasteiger partial charge in [0, 0.05) is 13.6 Å². The number of alkyl halides is 3. The standard InChI is InChI=1S/C23H20F4N2O4S/c1-29(14-15-10-11-21(33-2)19(24)12-15)22(30)18-8-3-4-9-20(18)28-34(31,32)17-7-5-6-16(13-17)23(25,26)27/h3-13,28H,14H2,1-2H3. The number of hydrogen-bond donors (Lipinski definition) is 1. The maximum absolute atomic E-state index is 14.0.